The molecule has 1 fully saturated rings. The van der Waals surface area contributed by atoms with E-state index in [9.17, 15) is 4.79 Å². The Morgan fingerprint density at radius 3 is 3.14 bits per heavy atom. The lowest BCUT2D eigenvalue weighted by atomic mass is 10.0. The molecule has 2 atom stereocenters. The number of H-pyrrole nitrogens is 1. The highest BCUT2D eigenvalue weighted by molar-refractivity contribution is 6.32. The summed E-state index contributed by atoms with van der Waals surface area (Å²) >= 11 is 5.84. The highest BCUT2D eigenvalue weighted by Gasteiger charge is 2.33. The van der Waals surface area contributed by atoms with E-state index >= 15 is 0 Å². The monoisotopic (exact) mass is 310 g/mol. The normalized spacial score (nSPS) is 21.6. The molecular formula is C13H15ClN4O3. The Morgan fingerprint density at radius 2 is 2.48 bits per heavy atom. The predicted octanol–water partition coefficient (Wildman–Crippen LogP) is 1.70. The fraction of sp³-hybridized carbons (Fsp3) is 0.462. The van der Waals surface area contributed by atoms with Crippen LogP contribution in [0.15, 0.2) is 23.1 Å². The van der Waals surface area contributed by atoms with E-state index in [1.807, 2.05) is 0 Å². The zero-order valence-electron chi connectivity index (χ0n) is 11.5. The molecule has 0 aliphatic carbocycles. The van der Waals surface area contributed by atoms with Gasteiger partial charge >= 0.3 is 0 Å². The number of ether oxygens (including phenoxy) is 1. The second-order valence-electron chi connectivity index (χ2n) is 4.97. The van der Waals surface area contributed by atoms with Crippen molar-refractivity contribution in [2.24, 2.45) is 0 Å². The van der Waals surface area contributed by atoms with Crippen molar-refractivity contribution in [1.29, 1.82) is 0 Å². The molecular weight excluding hydrogens is 296 g/mol. The van der Waals surface area contributed by atoms with E-state index in [0.717, 1.165) is 12.2 Å². The molecule has 0 radical (unpaired) electrons. The fourth-order valence-corrected chi connectivity index (χ4v) is 2.73. The summed E-state index contributed by atoms with van der Waals surface area (Å²) in [6.07, 6.45) is 3.61. The van der Waals surface area contributed by atoms with Gasteiger partial charge in [-0.2, -0.15) is 5.10 Å². The summed E-state index contributed by atoms with van der Waals surface area (Å²) < 4.78 is 10.7. The van der Waals surface area contributed by atoms with Crippen molar-refractivity contribution in [2.45, 2.75) is 18.4 Å². The number of hydrogen-bond donors (Lipinski definition) is 1. The quantitative estimate of drug-likeness (QED) is 0.929. The molecule has 1 aliphatic heterocycles. The Balaban J connectivity index is 1.68. The predicted molar refractivity (Wildman–Crippen MR) is 74.2 cm³/mol. The zero-order valence-corrected chi connectivity index (χ0v) is 12.2. The molecule has 2 aromatic rings. The van der Waals surface area contributed by atoms with Gasteiger partial charge in [-0.25, -0.2) is 4.98 Å². The van der Waals surface area contributed by atoms with Crippen LogP contribution < -0.4 is 0 Å². The SMILES string of the molecule is CN(C[C@H]1OCC[C@H]1c1ncn[nH]1)C(=O)c1ccoc1Cl. The van der Waals surface area contributed by atoms with Crippen LogP contribution in [0.3, 0.4) is 0 Å². The maximum absolute atomic E-state index is 12.3. The van der Waals surface area contributed by atoms with Gasteiger partial charge in [-0.05, 0) is 24.1 Å². The third-order valence-electron chi connectivity index (χ3n) is 3.64. The molecule has 1 N–H and O–H groups in total. The summed E-state index contributed by atoms with van der Waals surface area (Å²) in [6.45, 7) is 1.09. The summed E-state index contributed by atoms with van der Waals surface area (Å²) in [7, 11) is 1.71. The molecule has 2 aromatic heterocycles. The van der Waals surface area contributed by atoms with E-state index in [-0.39, 0.29) is 23.1 Å². The van der Waals surface area contributed by atoms with E-state index in [4.69, 9.17) is 20.8 Å². The van der Waals surface area contributed by atoms with Gasteiger partial charge in [0.15, 0.2) is 0 Å². The minimum Gasteiger partial charge on any atom is -0.452 e. The van der Waals surface area contributed by atoms with Crippen molar-refractivity contribution in [3.63, 3.8) is 0 Å². The third-order valence-corrected chi connectivity index (χ3v) is 3.94. The molecule has 112 valence electrons. The van der Waals surface area contributed by atoms with Crippen LogP contribution in [-0.2, 0) is 4.74 Å². The first-order valence-corrected chi connectivity index (χ1v) is 7.00. The molecule has 0 unspecified atom stereocenters. The first kappa shape index (κ1) is 14.1. The van der Waals surface area contributed by atoms with Gasteiger partial charge in [-0.15, -0.1) is 0 Å². The Hall–Kier alpha value is -1.86. The van der Waals surface area contributed by atoms with Gasteiger partial charge in [-0.3, -0.25) is 9.89 Å². The highest BCUT2D eigenvalue weighted by Crippen LogP contribution is 2.29. The number of carbonyl (C=O) groups is 1. The molecule has 1 saturated heterocycles. The van der Waals surface area contributed by atoms with Crippen LogP contribution in [-0.4, -0.2) is 52.3 Å². The van der Waals surface area contributed by atoms with Gasteiger partial charge in [0, 0.05) is 26.1 Å². The minimum absolute atomic E-state index is 0.103. The molecule has 0 saturated carbocycles. The summed E-state index contributed by atoms with van der Waals surface area (Å²) in [5.74, 6) is 0.711. The number of rotatable bonds is 4. The first-order chi connectivity index (χ1) is 10.2. The first-order valence-electron chi connectivity index (χ1n) is 6.62. The number of aromatic amines is 1. The molecule has 0 spiro atoms. The number of likely N-dealkylation sites (N-methyl/N-ethyl adjacent to an activating group) is 1. The van der Waals surface area contributed by atoms with Gasteiger partial charge < -0.3 is 14.1 Å². The standard InChI is InChI=1S/C13H15ClN4O3/c1-18(13(19)9-3-5-21-11(9)14)6-10-8(2-4-20-10)12-15-7-16-17-12/h3,5,7-8,10H,2,4,6H2,1H3,(H,15,16,17)/t8-,10-/m1/s1. The van der Waals surface area contributed by atoms with Crippen molar-refractivity contribution >= 4 is 17.5 Å². The lowest BCUT2D eigenvalue weighted by molar-refractivity contribution is 0.0550. The molecule has 0 bridgehead atoms. The van der Waals surface area contributed by atoms with Gasteiger partial charge in [0.25, 0.3) is 5.91 Å². The molecule has 3 heterocycles. The van der Waals surface area contributed by atoms with Crippen LogP contribution in [0.25, 0.3) is 0 Å². The van der Waals surface area contributed by atoms with Crippen molar-refractivity contribution in [1.82, 2.24) is 20.1 Å². The van der Waals surface area contributed by atoms with Crippen LogP contribution in [0.1, 0.15) is 28.5 Å². The van der Waals surface area contributed by atoms with E-state index in [1.54, 1.807) is 18.0 Å². The summed E-state index contributed by atoms with van der Waals surface area (Å²) in [5, 5.41) is 6.84. The average molecular weight is 311 g/mol. The Morgan fingerprint density at radius 1 is 1.62 bits per heavy atom. The zero-order chi connectivity index (χ0) is 14.8. The van der Waals surface area contributed by atoms with Crippen LogP contribution in [0.5, 0.6) is 0 Å². The van der Waals surface area contributed by atoms with Gasteiger partial charge in [-0.1, -0.05) is 0 Å². The van der Waals surface area contributed by atoms with Crippen molar-refractivity contribution in [2.75, 3.05) is 20.2 Å². The molecule has 1 aliphatic rings. The number of nitrogens with one attached hydrogen (secondary N) is 1. The second-order valence-corrected chi connectivity index (χ2v) is 5.31. The van der Waals surface area contributed by atoms with Crippen LogP contribution in [0.2, 0.25) is 5.22 Å². The van der Waals surface area contributed by atoms with Gasteiger partial charge in [0.05, 0.1) is 17.9 Å². The van der Waals surface area contributed by atoms with Crippen molar-refractivity contribution in [3.8, 4) is 0 Å². The maximum atomic E-state index is 12.3. The fourth-order valence-electron chi connectivity index (χ4n) is 2.54. The lowest BCUT2D eigenvalue weighted by Gasteiger charge is -2.23. The second kappa shape index (κ2) is 5.87. The molecule has 3 rings (SSSR count). The van der Waals surface area contributed by atoms with E-state index in [1.165, 1.54) is 12.6 Å². The summed E-state index contributed by atoms with van der Waals surface area (Å²) in [4.78, 5) is 18.1. The Labute approximate surface area is 126 Å². The highest BCUT2D eigenvalue weighted by atomic mass is 35.5. The Kier molecular flexibility index (Phi) is 3.94. The molecule has 7 nitrogen and oxygen atoms in total. The van der Waals surface area contributed by atoms with Gasteiger partial charge in [0.2, 0.25) is 5.22 Å². The number of hydrogen-bond acceptors (Lipinski definition) is 5. The minimum atomic E-state index is -0.194. The van der Waals surface area contributed by atoms with E-state index in [2.05, 4.69) is 15.2 Å². The maximum Gasteiger partial charge on any atom is 0.258 e. The number of furan rings is 1. The Bertz CT molecular complexity index is 613. The van der Waals surface area contributed by atoms with Crippen LogP contribution in [0, 0.1) is 0 Å². The smallest absolute Gasteiger partial charge is 0.258 e. The number of halogens is 1. The summed E-state index contributed by atoms with van der Waals surface area (Å²) in [6, 6.07) is 1.56. The number of nitrogens with zero attached hydrogens (tertiary/aromatic N) is 3. The van der Waals surface area contributed by atoms with Crippen molar-refractivity contribution in [3.05, 3.63) is 35.3 Å². The topological polar surface area (TPSA) is 84.2 Å². The molecule has 8 heteroatoms. The number of carbonyl (C=O) groups excluding carboxylic acids is 1. The molecule has 21 heavy (non-hydrogen) atoms. The van der Waals surface area contributed by atoms with Crippen LogP contribution in [0.4, 0.5) is 0 Å². The van der Waals surface area contributed by atoms with Gasteiger partial charge in [0.1, 0.15) is 12.2 Å². The summed E-state index contributed by atoms with van der Waals surface area (Å²) in [5.41, 5.74) is 0.355. The van der Waals surface area contributed by atoms with E-state index in [0.29, 0.717) is 18.7 Å². The number of amides is 1. The van der Waals surface area contributed by atoms with Crippen LogP contribution >= 0.6 is 11.6 Å². The lowest BCUT2D eigenvalue weighted by Crippen LogP contribution is -2.36. The largest absolute Gasteiger partial charge is 0.452 e. The third kappa shape index (κ3) is 2.79. The molecule has 0 aromatic carbocycles. The molecule has 1 amide bonds. The van der Waals surface area contributed by atoms with E-state index < -0.39 is 0 Å². The average Bonchev–Trinajstić information content (AvgIpc) is 3.17. The van der Waals surface area contributed by atoms with Crippen molar-refractivity contribution < 1.29 is 13.9 Å². The number of aromatic nitrogens is 3.